The third kappa shape index (κ3) is 6.84. The number of sulfonamides is 1. The Bertz CT molecular complexity index is 1630. The number of hydrogen-bond acceptors (Lipinski definition) is 5. The van der Waals surface area contributed by atoms with Crippen LogP contribution in [-0.2, 0) is 32.6 Å². The van der Waals surface area contributed by atoms with Crippen LogP contribution < -0.4 is 15.0 Å². The molecule has 0 radical (unpaired) electrons. The Kier molecular flexibility index (Phi) is 8.94. The summed E-state index contributed by atoms with van der Waals surface area (Å²) in [4.78, 5) is 28.2. The first-order chi connectivity index (χ1) is 20.3. The van der Waals surface area contributed by atoms with Gasteiger partial charge in [0.2, 0.25) is 15.9 Å². The molecule has 0 bridgehead atoms. The van der Waals surface area contributed by atoms with Crippen LogP contribution in [0.15, 0.2) is 114 Å². The molecule has 8 nitrogen and oxygen atoms in total. The molecule has 1 aliphatic rings. The molecule has 1 atom stereocenters. The summed E-state index contributed by atoms with van der Waals surface area (Å²) in [6.07, 6.45) is -0.357. The lowest BCUT2D eigenvalue weighted by Crippen LogP contribution is -2.53. The molecule has 216 valence electrons. The predicted molar refractivity (Wildman–Crippen MR) is 157 cm³/mol. The second-order valence-electron chi connectivity index (χ2n) is 9.82. The van der Waals surface area contributed by atoms with Crippen molar-refractivity contribution in [2.45, 2.75) is 24.0 Å². The Morgan fingerprint density at radius 2 is 1.48 bits per heavy atom. The average Bonchev–Trinajstić information content (AvgIpc) is 3.01. The van der Waals surface area contributed by atoms with Crippen LogP contribution in [0.2, 0.25) is 0 Å². The number of fused-ring (bicyclic) bond motifs is 1. The lowest BCUT2D eigenvalue weighted by atomic mass is 10.1. The number of carbonyl (C=O) groups excluding carboxylic acids is 2. The zero-order valence-corrected chi connectivity index (χ0v) is 23.5. The minimum atomic E-state index is -4.19. The van der Waals surface area contributed by atoms with Crippen molar-refractivity contribution in [2.75, 3.05) is 24.5 Å². The van der Waals surface area contributed by atoms with Gasteiger partial charge in [0.1, 0.15) is 11.6 Å². The topological polar surface area (TPSA) is 96.0 Å². The first-order valence-corrected chi connectivity index (χ1v) is 14.9. The zero-order valence-electron chi connectivity index (χ0n) is 22.7. The number of anilines is 1. The van der Waals surface area contributed by atoms with Crippen LogP contribution >= 0.6 is 0 Å². The summed E-state index contributed by atoms with van der Waals surface area (Å²) in [7, 11) is -4.19. The Morgan fingerprint density at radius 1 is 0.857 bits per heavy atom. The van der Waals surface area contributed by atoms with E-state index in [4.69, 9.17) is 4.74 Å². The van der Waals surface area contributed by atoms with Crippen molar-refractivity contribution >= 4 is 27.5 Å². The van der Waals surface area contributed by atoms with E-state index in [9.17, 15) is 22.4 Å². The number of carbonyl (C=O) groups is 2. The van der Waals surface area contributed by atoms with Crippen molar-refractivity contribution in [3.05, 3.63) is 126 Å². The third-order valence-corrected chi connectivity index (χ3v) is 8.69. The Hall–Kier alpha value is -4.54. The lowest BCUT2D eigenvalue weighted by molar-refractivity contribution is -0.128. The summed E-state index contributed by atoms with van der Waals surface area (Å²) >= 11 is 0. The van der Waals surface area contributed by atoms with Crippen LogP contribution in [0.4, 0.5) is 10.1 Å². The number of ether oxygens (including phenoxy) is 1. The van der Waals surface area contributed by atoms with Gasteiger partial charge in [0.15, 0.2) is 6.10 Å². The van der Waals surface area contributed by atoms with Gasteiger partial charge in [0.05, 0.1) is 23.7 Å². The molecule has 4 aromatic rings. The van der Waals surface area contributed by atoms with Crippen LogP contribution in [0.3, 0.4) is 0 Å². The maximum atomic E-state index is 13.8. The van der Waals surface area contributed by atoms with E-state index in [0.29, 0.717) is 30.0 Å². The fraction of sp³-hybridized carbons (Fsp3) is 0.188. The Labute approximate surface area is 244 Å². The summed E-state index contributed by atoms with van der Waals surface area (Å²) in [5, 5.41) is 2.88. The smallest absolute Gasteiger partial charge is 0.262 e. The van der Waals surface area contributed by atoms with Crippen molar-refractivity contribution in [2.24, 2.45) is 0 Å². The van der Waals surface area contributed by atoms with E-state index in [0.717, 1.165) is 22.0 Å². The molecule has 0 aromatic heterocycles. The molecular weight excluding hydrogens is 557 g/mol. The van der Waals surface area contributed by atoms with Crippen LogP contribution in [-0.4, -0.2) is 50.3 Å². The maximum Gasteiger partial charge on any atom is 0.262 e. The highest BCUT2D eigenvalue weighted by atomic mass is 32.2. The van der Waals surface area contributed by atoms with Gasteiger partial charge < -0.3 is 15.0 Å². The molecule has 2 amide bonds. The molecule has 0 spiro atoms. The molecule has 4 aromatic carbocycles. The van der Waals surface area contributed by atoms with Crippen LogP contribution in [0.25, 0.3) is 0 Å². The Balaban J connectivity index is 1.36. The first kappa shape index (κ1) is 29.0. The van der Waals surface area contributed by atoms with Crippen molar-refractivity contribution in [1.29, 1.82) is 0 Å². The number of para-hydroxylation sites is 2. The van der Waals surface area contributed by atoms with Crippen molar-refractivity contribution < 1.29 is 27.1 Å². The van der Waals surface area contributed by atoms with Crippen molar-refractivity contribution in [3.8, 4) is 5.75 Å². The average molecular weight is 588 g/mol. The summed E-state index contributed by atoms with van der Waals surface area (Å²) in [5.41, 5.74) is 2.19. The highest BCUT2D eigenvalue weighted by molar-refractivity contribution is 7.89. The molecule has 0 aliphatic carbocycles. The Morgan fingerprint density at radius 3 is 2.17 bits per heavy atom. The van der Waals surface area contributed by atoms with Gasteiger partial charge in [-0.15, -0.1) is 0 Å². The highest BCUT2D eigenvalue weighted by Gasteiger charge is 2.36. The highest BCUT2D eigenvalue weighted by Crippen LogP contribution is 2.33. The minimum Gasteiger partial charge on any atom is -0.477 e. The van der Waals surface area contributed by atoms with E-state index in [1.807, 2.05) is 36.4 Å². The molecule has 1 heterocycles. The summed E-state index contributed by atoms with van der Waals surface area (Å²) < 4.78 is 47.9. The zero-order chi connectivity index (χ0) is 29.5. The molecular formula is C32H30FN3O5S. The third-order valence-electron chi connectivity index (χ3n) is 6.89. The summed E-state index contributed by atoms with van der Waals surface area (Å²) in [5.74, 6) is -1.14. The van der Waals surface area contributed by atoms with Gasteiger partial charge in [-0.05, 0) is 53.9 Å². The fourth-order valence-electron chi connectivity index (χ4n) is 4.70. The van der Waals surface area contributed by atoms with Crippen LogP contribution in [0.1, 0.15) is 11.1 Å². The van der Waals surface area contributed by atoms with E-state index in [2.05, 4.69) is 5.32 Å². The quantitative estimate of drug-likeness (QED) is 0.301. The van der Waals surface area contributed by atoms with Crippen LogP contribution in [0.5, 0.6) is 5.75 Å². The van der Waals surface area contributed by atoms with Crippen molar-refractivity contribution in [3.63, 3.8) is 0 Å². The lowest BCUT2D eigenvalue weighted by Gasteiger charge is -2.35. The molecule has 0 saturated carbocycles. The molecule has 1 N–H and O–H groups in total. The molecule has 0 fully saturated rings. The second-order valence-corrected chi connectivity index (χ2v) is 11.8. The molecule has 1 aliphatic heterocycles. The van der Waals surface area contributed by atoms with Gasteiger partial charge in [0.25, 0.3) is 5.91 Å². The fourth-order valence-corrected chi connectivity index (χ4v) is 6.08. The number of hydrogen-bond donors (Lipinski definition) is 1. The molecule has 42 heavy (non-hydrogen) atoms. The van der Waals surface area contributed by atoms with Gasteiger partial charge in [-0.25, -0.2) is 12.8 Å². The molecule has 5 rings (SSSR count). The SMILES string of the molecule is O=C(NCCc1ccccc1)C1CN(C(=O)CN(Cc2ccccc2)S(=O)(=O)c2ccc(F)cc2)c2ccccc2O1. The van der Waals surface area contributed by atoms with Gasteiger partial charge in [-0.3, -0.25) is 9.59 Å². The largest absolute Gasteiger partial charge is 0.477 e. The standard InChI is InChI=1S/C32H30FN3O5S/c33-26-15-17-27(18-16-26)42(39,40)35(21-25-11-5-2-6-12-25)23-31(37)36-22-30(41-29-14-8-7-13-28(29)36)32(38)34-20-19-24-9-3-1-4-10-24/h1-18,30H,19-23H2,(H,34,38). The van der Waals surface area contributed by atoms with Crippen LogP contribution in [0, 0.1) is 5.82 Å². The molecule has 0 saturated heterocycles. The van der Waals surface area contributed by atoms with Gasteiger partial charge in [0, 0.05) is 13.1 Å². The molecule has 10 heteroatoms. The normalized spacial score (nSPS) is 14.6. The number of nitrogens with zero attached hydrogens (tertiary/aromatic N) is 2. The molecule has 1 unspecified atom stereocenters. The number of rotatable bonds is 10. The second kappa shape index (κ2) is 13.0. The van der Waals surface area contributed by atoms with Gasteiger partial charge in [-0.2, -0.15) is 4.31 Å². The number of benzene rings is 4. The minimum absolute atomic E-state index is 0.0817. The van der Waals surface area contributed by atoms with Gasteiger partial charge >= 0.3 is 0 Å². The summed E-state index contributed by atoms with van der Waals surface area (Å²) in [6, 6.07) is 29.9. The van der Waals surface area contributed by atoms with E-state index in [1.54, 1.807) is 48.5 Å². The van der Waals surface area contributed by atoms with E-state index >= 15 is 0 Å². The summed E-state index contributed by atoms with van der Waals surface area (Å²) in [6.45, 7) is -0.297. The first-order valence-electron chi connectivity index (χ1n) is 13.5. The van der Waals surface area contributed by atoms with Gasteiger partial charge in [-0.1, -0.05) is 72.8 Å². The van der Waals surface area contributed by atoms with Crippen molar-refractivity contribution in [1.82, 2.24) is 9.62 Å². The van der Waals surface area contributed by atoms with E-state index in [1.165, 1.54) is 17.0 Å². The van der Waals surface area contributed by atoms with E-state index in [-0.39, 0.29) is 23.9 Å². The number of halogens is 1. The number of nitrogens with one attached hydrogen (secondary N) is 1. The monoisotopic (exact) mass is 587 g/mol. The predicted octanol–water partition coefficient (Wildman–Crippen LogP) is 4.17. The number of amides is 2. The van der Waals surface area contributed by atoms with E-state index < -0.39 is 34.4 Å². The maximum absolute atomic E-state index is 13.8.